The Labute approximate surface area is 136 Å². The van der Waals surface area contributed by atoms with Crippen LogP contribution in [-0.4, -0.2) is 60.1 Å². The summed E-state index contributed by atoms with van der Waals surface area (Å²) in [6.07, 6.45) is 3.64. The number of aliphatic hydroxyl groups is 1. The molecule has 2 atom stereocenters. The molecule has 2 aliphatic heterocycles. The summed E-state index contributed by atoms with van der Waals surface area (Å²) in [5.41, 5.74) is 0.806. The summed E-state index contributed by atoms with van der Waals surface area (Å²) in [5, 5.41) is 11.5. The van der Waals surface area contributed by atoms with Crippen LogP contribution in [-0.2, 0) is 0 Å². The molecule has 122 valence electrons. The summed E-state index contributed by atoms with van der Waals surface area (Å²) in [6.45, 7) is 7.20. The highest BCUT2D eigenvalue weighted by Crippen LogP contribution is 2.26. The van der Waals surface area contributed by atoms with Crippen LogP contribution < -0.4 is 0 Å². The number of rotatable bonds is 4. The SMILES string of the molecule is Cc1cc(C(=O)N2C[C@H](CO)C[C@H](CN3CCCC3)C2)cs1. The number of aliphatic hydroxyl groups excluding tert-OH is 1. The molecule has 1 N–H and O–H groups in total. The lowest BCUT2D eigenvalue weighted by Gasteiger charge is -2.38. The second kappa shape index (κ2) is 7.11. The average molecular weight is 322 g/mol. The van der Waals surface area contributed by atoms with Gasteiger partial charge in [0.05, 0.1) is 5.56 Å². The van der Waals surface area contributed by atoms with Gasteiger partial charge in [-0.25, -0.2) is 0 Å². The highest BCUT2D eigenvalue weighted by atomic mass is 32.1. The Morgan fingerprint density at radius 3 is 2.68 bits per heavy atom. The second-order valence-electron chi connectivity index (χ2n) is 6.81. The lowest BCUT2D eigenvalue weighted by molar-refractivity contribution is 0.0466. The first-order valence-electron chi connectivity index (χ1n) is 8.33. The van der Waals surface area contributed by atoms with Crippen molar-refractivity contribution in [2.75, 3.05) is 39.3 Å². The van der Waals surface area contributed by atoms with Gasteiger partial charge < -0.3 is 14.9 Å². The fourth-order valence-electron chi connectivity index (χ4n) is 3.82. The molecule has 2 saturated heterocycles. The van der Waals surface area contributed by atoms with Crippen molar-refractivity contribution in [1.29, 1.82) is 0 Å². The third-order valence-electron chi connectivity index (χ3n) is 4.86. The molecule has 2 aliphatic rings. The van der Waals surface area contributed by atoms with Crippen LogP contribution >= 0.6 is 11.3 Å². The average Bonchev–Trinajstić information content (AvgIpc) is 3.17. The molecular weight excluding hydrogens is 296 g/mol. The number of thiophene rings is 1. The fraction of sp³-hybridized carbons (Fsp3) is 0.706. The number of hydrogen-bond donors (Lipinski definition) is 1. The van der Waals surface area contributed by atoms with Crippen molar-refractivity contribution in [1.82, 2.24) is 9.80 Å². The number of piperidine rings is 1. The van der Waals surface area contributed by atoms with E-state index in [9.17, 15) is 9.90 Å². The minimum atomic E-state index is 0.133. The number of aryl methyl sites for hydroxylation is 1. The zero-order valence-corrected chi connectivity index (χ0v) is 14.1. The van der Waals surface area contributed by atoms with E-state index >= 15 is 0 Å². The van der Waals surface area contributed by atoms with Crippen molar-refractivity contribution < 1.29 is 9.90 Å². The Morgan fingerprint density at radius 2 is 2.05 bits per heavy atom. The van der Waals surface area contributed by atoms with Gasteiger partial charge in [0.2, 0.25) is 0 Å². The lowest BCUT2D eigenvalue weighted by Crippen LogP contribution is -2.47. The standard InChI is InChI=1S/C17H26N2O2S/c1-13-6-16(12-22-13)17(21)19-9-14(7-15(10-19)11-20)8-18-4-2-3-5-18/h6,12,14-15,20H,2-5,7-11H2,1H3/t14-,15-/m1/s1. The number of carbonyl (C=O) groups is 1. The minimum Gasteiger partial charge on any atom is -0.396 e. The molecule has 5 heteroatoms. The first-order chi connectivity index (χ1) is 10.7. The second-order valence-corrected chi connectivity index (χ2v) is 7.93. The zero-order chi connectivity index (χ0) is 15.5. The zero-order valence-electron chi connectivity index (χ0n) is 13.3. The van der Waals surface area contributed by atoms with Crippen molar-refractivity contribution in [3.63, 3.8) is 0 Å². The van der Waals surface area contributed by atoms with Crippen molar-refractivity contribution in [3.05, 3.63) is 21.9 Å². The number of carbonyl (C=O) groups excluding carboxylic acids is 1. The molecule has 1 aromatic heterocycles. The number of hydrogen-bond acceptors (Lipinski definition) is 4. The Hall–Kier alpha value is -0.910. The predicted molar refractivity (Wildman–Crippen MR) is 89.3 cm³/mol. The normalized spacial score (nSPS) is 26.5. The predicted octanol–water partition coefficient (Wildman–Crippen LogP) is 2.22. The van der Waals surface area contributed by atoms with Crippen LogP contribution in [0.25, 0.3) is 0 Å². The summed E-state index contributed by atoms with van der Waals surface area (Å²) >= 11 is 1.63. The van der Waals surface area contributed by atoms with Crippen LogP contribution in [0.4, 0.5) is 0 Å². The molecule has 2 fully saturated rings. The molecule has 1 amide bonds. The summed E-state index contributed by atoms with van der Waals surface area (Å²) in [6, 6.07) is 1.98. The quantitative estimate of drug-likeness (QED) is 0.924. The van der Waals surface area contributed by atoms with Gasteiger partial charge in [-0.1, -0.05) is 0 Å². The maximum atomic E-state index is 12.7. The van der Waals surface area contributed by atoms with E-state index in [-0.39, 0.29) is 18.4 Å². The molecule has 0 radical (unpaired) electrons. The summed E-state index contributed by atoms with van der Waals surface area (Å²) < 4.78 is 0. The molecular formula is C17H26N2O2S. The van der Waals surface area contributed by atoms with Crippen LogP contribution in [0, 0.1) is 18.8 Å². The highest BCUT2D eigenvalue weighted by molar-refractivity contribution is 7.10. The first kappa shape index (κ1) is 16.0. The van der Waals surface area contributed by atoms with E-state index in [1.807, 2.05) is 23.3 Å². The molecule has 3 heterocycles. The van der Waals surface area contributed by atoms with Crippen LogP contribution in [0.3, 0.4) is 0 Å². The van der Waals surface area contributed by atoms with Gasteiger partial charge >= 0.3 is 0 Å². The molecule has 0 unspecified atom stereocenters. The van der Waals surface area contributed by atoms with Gasteiger partial charge in [-0.2, -0.15) is 0 Å². The van der Waals surface area contributed by atoms with Crippen molar-refractivity contribution in [2.45, 2.75) is 26.2 Å². The monoisotopic (exact) mass is 322 g/mol. The van der Waals surface area contributed by atoms with Crippen LogP contribution in [0.5, 0.6) is 0 Å². The van der Waals surface area contributed by atoms with E-state index in [2.05, 4.69) is 4.90 Å². The minimum absolute atomic E-state index is 0.133. The Balaban J connectivity index is 1.66. The third-order valence-corrected chi connectivity index (χ3v) is 5.72. The number of amides is 1. The number of nitrogens with zero attached hydrogens (tertiary/aromatic N) is 2. The molecule has 0 spiro atoms. The van der Waals surface area contributed by atoms with Crippen LogP contribution in [0.2, 0.25) is 0 Å². The van der Waals surface area contributed by atoms with Gasteiger partial charge in [-0.15, -0.1) is 11.3 Å². The fourth-order valence-corrected chi connectivity index (χ4v) is 4.49. The maximum absolute atomic E-state index is 12.7. The van der Waals surface area contributed by atoms with Gasteiger partial charge in [0.1, 0.15) is 0 Å². The van der Waals surface area contributed by atoms with Gasteiger partial charge in [-0.3, -0.25) is 4.79 Å². The van der Waals surface area contributed by atoms with Gasteiger partial charge in [0.25, 0.3) is 5.91 Å². The van der Waals surface area contributed by atoms with E-state index in [1.54, 1.807) is 11.3 Å². The van der Waals surface area contributed by atoms with Gasteiger partial charge in [0.15, 0.2) is 0 Å². The molecule has 0 saturated carbocycles. The van der Waals surface area contributed by atoms with Crippen molar-refractivity contribution in [2.24, 2.45) is 11.8 Å². The Morgan fingerprint density at radius 1 is 1.32 bits per heavy atom. The molecule has 1 aromatic rings. The molecule has 0 aromatic carbocycles. The van der Waals surface area contributed by atoms with Gasteiger partial charge in [0, 0.05) is 36.5 Å². The maximum Gasteiger partial charge on any atom is 0.254 e. The molecule has 22 heavy (non-hydrogen) atoms. The smallest absolute Gasteiger partial charge is 0.254 e. The summed E-state index contributed by atoms with van der Waals surface area (Å²) in [4.78, 5) is 18.3. The van der Waals surface area contributed by atoms with E-state index in [1.165, 1.54) is 30.8 Å². The van der Waals surface area contributed by atoms with E-state index in [0.29, 0.717) is 12.5 Å². The lowest BCUT2D eigenvalue weighted by atomic mass is 9.89. The van der Waals surface area contributed by atoms with Crippen LogP contribution in [0.1, 0.15) is 34.5 Å². The molecule has 4 nitrogen and oxygen atoms in total. The van der Waals surface area contributed by atoms with E-state index in [4.69, 9.17) is 0 Å². The molecule has 0 bridgehead atoms. The van der Waals surface area contributed by atoms with Crippen molar-refractivity contribution in [3.8, 4) is 0 Å². The molecule has 3 rings (SSSR count). The van der Waals surface area contributed by atoms with E-state index in [0.717, 1.165) is 25.1 Å². The largest absolute Gasteiger partial charge is 0.396 e. The Kier molecular flexibility index (Phi) is 5.16. The topological polar surface area (TPSA) is 43.8 Å². The van der Waals surface area contributed by atoms with Gasteiger partial charge in [-0.05, 0) is 57.2 Å². The van der Waals surface area contributed by atoms with Crippen molar-refractivity contribution >= 4 is 17.2 Å². The Bertz CT molecular complexity index is 511. The third kappa shape index (κ3) is 3.70. The first-order valence-corrected chi connectivity index (χ1v) is 9.21. The molecule has 0 aliphatic carbocycles. The summed E-state index contributed by atoms with van der Waals surface area (Å²) in [5.74, 6) is 0.853. The number of likely N-dealkylation sites (tertiary alicyclic amines) is 2. The van der Waals surface area contributed by atoms with E-state index < -0.39 is 0 Å². The van der Waals surface area contributed by atoms with Crippen LogP contribution in [0.15, 0.2) is 11.4 Å². The highest BCUT2D eigenvalue weighted by Gasteiger charge is 2.31. The summed E-state index contributed by atoms with van der Waals surface area (Å²) in [7, 11) is 0.